The van der Waals surface area contributed by atoms with Crippen molar-refractivity contribution in [1.29, 1.82) is 0 Å². The summed E-state index contributed by atoms with van der Waals surface area (Å²) < 4.78 is 4.76. The first-order valence-electron chi connectivity index (χ1n) is 5.06. The van der Waals surface area contributed by atoms with Crippen LogP contribution in [0.15, 0.2) is 23.8 Å². The van der Waals surface area contributed by atoms with Crippen LogP contribution < -0.4 is 5.32 Å². The van der Waals surface area contributed by atoms with Crippen LogP contribution in [0.3, 0.4) is 0 Å². The van der Waals surface area contributed by atoms with E-state index in [4.69, 9.17) is 4.74 Å². The average molecular weight is 195 g/mol. The molecule has 0 amide bonds. The maximum Gasteiger partial charge on any atom is 0.330 e. The molecule has 0 spiro atoms. The average Bonchev–Trinajstić information content (AvgIpc) is 2.20. The van der Waals surface area contributed by atoms with Gasteiger partial charge in [-0.2, -0.15) is 0 Å². The molecular formula is C11H17NO2. The number of hydrogen-bond donors (Lipinski definition) is 1. The molecule has 1 saturated heterocycles. The van der Waals surface area contributed by atoms with Gasteiger partial charge >= 0.3 is 5.97 Å². The number of esters is 1. The molecule has 0 saturated carbocycles. The Hall–Kier alpha value is -1.09. The molecule has 1 aliphatic rings. The maximum absolute atomic E-state index is 10.9. The highest BCUT2D eigenvalue weighted by Crippen LogP contribution is 2.09. The van der Waals surface area contributed by atoms with Crippen LogP contribution in [-0.4, -0.2) is 25.7 Å². The van der Waals surface area contributed by atoms with E-state index in [2.05, 4.69) is 5.32 Å². The third kappa shape index (κ3) is 4.23. The molecule has 0 aromatic carbocycles. The van der Waals surface area contributed by atoms with Crippen molar-refractivity contribution in [3.05, 3.63) is 23.8 Å². The van der Waals surface area contributed by atoms with Crippen molar-refractivity contribution in [3.63, 3.8) is 0 Å². The van der Waals surface area contributed by atoms with Crippen molar-refractivity contribution in [1.82, 2.24) is 5.32 Å². The van der Waals surface area contributed by atoms with Crippen LogP contribution in [0, 0.1) is 0 Å². The van der Waals surface area contributed by atoms with Gasteiger partial charge in [-0.05, 0) is 32.9 Å². The van der Waals surface area contributed by atoms with Gasteiger partial charge in [-0.25, -0.2) is 4.79 Å². The Morgan fingerprint density at radius 1 is 1.50 bits per heavy atom. The number of allylic oxidation sites excluding steroid dienone is 2. The number of carbonyl (C=O) groups excluding carboxylic acids is 1. The van der Waals surface area contributed by atoms with Gasteiger partial charge in [0.25, 0.3) is 0 Å². The third-order valence-electron chi connectivity index (χ3n) is 2.10. The zero-order valence-corrected chi connectivity index (χ0v) is 8.58. The highest BCUT2D eigenvalue weighted by molar-refractivity contribution is 5.82. The van der Waals surface area contributed by atoms with Gasteiger partial charge in [0, 0.05) is 6.08 Å². The minimum Gasteiger partial charge on any atom is -0.463 e. The van der Waals surface area contributed by atoms with Crippen LogP contribution in [0.1, 0.15) is 19.8 Å². The number of rotatable bonds is 3. The van der Waals surface area contributed by atoms with Crippen molar-refractivity contribution in [2.24, 2.45) is 0 Å². The fourth-order valence-corrected chi connectivity index (χ4v) is 1.37. The van der Waals surface area contributed by atoms with Gasteiger partial charge in [0.15, 0.2) is 0 Å². The van der Waals surface area contributed by atoms with Crippen molar-refractivity contribution in [2.45, 2.75) is 19.8 Å². The van der Waals surface area contributed by atoms with Gasteiger partial charge < -0.3 is 10.1 Å². The first-order valence-corrected chi connectivity index (χ1v) is 5.06. The van der Waals surface area contributed by atoms with E-state index < -0.39 is 0 Å². The molecule has 3 nitrogen and oxygen atoms in total. The smallest absolute Gasteiger partial charge is 0.330 e. The summed E-state index contributed by atoms with van der Waals surface area (Å²) in [4.78, 5) is 10.9. The second-order valence-electron chi connectivity index (χ2n) is 3.19. The number of carbonyl (C=O) groups is 1. The molecule has 14 heavy (non-hydrogen) atoms. The van der Waals surface area contributed by atoms with Crippen molar-refractivity contribution < 1.29 is 9.53 Å². The van der Waals surface area contributed by atoms with Gasteiger partial charge in [-0.15, -0.1) is 0 Å². The van der Waals surface area contributed by atoms with Gasteiger partial charge in [0.1, 0.15) is 0 Å². The predicted molar refractivity (Wildman–Crippen MR) is 56.0 cm³/mol. The Morgan fingerprint density at radius 2 is 2.21 bits per heavy atom. The lowest BCUT2D eigenvalue weighted by Crippen LogP contribution is -2.22. The lowest BCUT2D eigenvalue weighted by molar-refractivity contribution is -0.137. The molecule has 1 N–H and O–H groups in total. The van der Waals surface area contributed by atoms with E-state index in [1.807, 2.05) is 6.08 Å². The van der Waals surface area contributed by atoms with Crippen molar-refractivity contribution in [2.75, 3.05) is 19.7 Å². The van der Waals surface area contributed by atoms with E-state index in [0.29, 0.717) is 6.61 Å². The molecule has 78 valence electrons. The minimum absolute atomic E-state index is 0.265. The fraction of sp³-hybridized carbons (Fsp3) is 0.545. The predicted octanol–water partition coefficient (Wildman–Crippen LogP) is 1.42. The van der Waals surface area contributed by atoms with E-state index >= 15 is 0 Å². The third-order valence-corrected chi connectivity index (χ3v) is 2.10. The normalized spacial score (nSPS) is 17.1. The molecule has 3 heteroatoms. The molecule has 0 aromatic rings. The second-order valence-corrected chi connectivity index (χ2v) is 3.19. The molecule has 0 aromatic heterocycles. The molecule has 0 bridgehead atoms. The van der Waals surface area contributed by atoms with E-state index in [9.17, 15) is 4.79 Å². The Bertz CT molecular complexity index is 236. The first-order chi connectivity index (χ1) is 6.83. The number of piperidine rings is 1. The zero-order chi connectivity index (χ0) is 10.2. The van der Waals surface area contributed by atoms with E-state index in [1.54, 1.807) is 13.0 Å². The van der Waals surface area contributed by atoms with Crippen molar-refractivity contribution in [3.8, 4) is 0 Å². The quantitative estimate of drug-likeness (QED) is 0.546. The lowest BCUT2D eigenvalue weighted by atomic mass is 10.1. The van der Waals surface area contributed by atoms with Gasteiger partial charge in [0.05, 0.1) is 6.61 Å². The Morgan fingerprint density at radius 3 is 2.86 bits per heavy atom. The van der Waals surface area contributed by atoms with Gasteiger partial charge in [-0.1, -0.05) is 17.7 Å². The minimum atomic E-state index is -0.265. The molecule has 1 rings (SSSR count). The molecule has 0 aliphatic carbocycles. The topological polar surface area (TPSA) is 38.3 Å². The van der Waals surface area contributed by atoms with E-state index in [-0.39, 0.29) is 5.97 Å². The molecule has 0 unspecified atom stereocenters. The van der Waals surface area contributed by atoms with E-state index in [0.717, 1.165) is 25.9 Å². The monoisotopic (exact) mass is 195 g/mol. The number of ether oxygens (including phenoxy) is 1. The van der Waals surface area contributed by atoms with Crippen LogP contribution in [0.5, 0.6) is 0 Å². The van der Waals surface area contributed by atoms with Crippen LogP contribution in [0.2, 0.25) is 0 Å². The molecule has 1 heterocycles. The standard InChI is InChI=1S/C11H17NO2/c1-2-14-11(13)5-3-4-10-6-8-12-9-7-10/h3-5,12H,2,6-9H2,1H3. The van der Waals surface area contributed by atoms with Crippen LogP contribution in [-0.2, 0) is 9.53 Å². The summed E-state index contributed by atoms with van der Waals surface area (Å²) in [7, 11) is 0. The number of nitrogens with one attached hydrogen (secondary N) is 1. The van der Waals surface area contributed by atoms with E-state index in [1.165, 1.54) is 11.6 Å². The summed E-state index contributed by atoms with van der Waals surface area (Å²) in [6, 6.07) is 0. The Kier molecular flexibility index (Phi) is 5.00. The molecule has 0 radical (unpaired) electrons. The lowest BCUT2D eigenvalue weighted by Gasteiger charge is -2.14. The Balaban J connectivity index is 2.32. The first kappa shape index (κ1) is 11.0. The molecule has 0 atom stereocenters. The fourth-order valence-electron chi connectivity index (χ4n) is 1.37. The summed E-state index contributed by atoms with van der Waals surface area (Å²) in [5.74, 6) is -0.265. The molecule has 1 fully saturated rings. The summed E-state index contributed by atoms with van der Waals surface area (Å²) in [5.41, 5.74) is 1.39. The van der Waals surface area contributed by atoms with Crippen molar-refractivity contribution >= 4 is 5.97 Å². The van der Waals surface area contributed by atoms with Crippen LogP contribution in [0.25, 0.3) is 0 Å². The highest BCUT2D eigenvalue weighted by atomic mass is 16.5. The Labute approximate surface area is 84.8 Å². The summed E-state index contributed by atoms with van der Waals surface area (Å²) in [5, 5.41) is 3.28. The summed E-state index contributed by atoms with van der Waals surface area (Å²) in [6.45, 7) is 4.32. The largest absolute Gasteiger partial charge is 0.463 e. The number of hydrogen-bond acceptors (Lipinski definition) is 3. The van der Waals surface area contributed by atoms with Gasteiger partial charge in [0.2, 0.25) is 0 Å². The molecular weight excluding hydrogens is 178 g/mol. The van der Waals surface area contributed by atoms with Crippen LogP contribution >= 0.6 is 0 Å². The zero-order valence-electron chi connectivity index (χ0n) is 8.58. The summed E-state index contributed by atoms with van der Waals surface area (Å²) in [6.07, 6.45) is 7.41. The maximum atomic E-state index is 10.9. The van der Waals surface area contributed by atoms with Gasteiger partial charge in [-0.3, -0.25) is 0 Å². The molecule has 1 aliphatic heterocycles. The SMILES string of the molecule is CCOC(=O)C=CC=C1CCNCC1. The second kappa shape index (κ2) is 6.38. The highest BCUT2D eigenvalue weighted by Gasteiger charge is 2.02. The van der Waals surface area contributed by atoms with Crippen LogP contribution in [0.4, 0.5) is 0 Å². The summed E-state index contributed by atoms with van der Waals surface area (Å²) >= 11 is 0.